The van der Waals surface area contributed by atoms with Crippen LogP contribution in [0.4, 0.5) is 8.78 Å². The van der Waals surface area contributed by atoms with E-state index < -0.39 is 11.6 Å². The Balaban J connectivity index is 1.97. The lowest BCUT2D eigenvalue weighted by molar-refractivity contribution is 0.133. The highest BCUT2D eigenvalue weighted by atomic mass is 19.1. The van der Waals surface area contributed by atoms with Crippen LogP contribution < -0.4 is 5.32 Å². The summed E-state index contributed by atoms with van der Waals surface area (Å²) in [6.07, 6.45) is 2.23. The van der Waals surface area contributed by atoms with Crippen molar-refractivity contribution >= 4 is 0 Å². The fraction of sp³-hybridized carbons (Fsp3) is 0.625. The zero-order valence-corrected chi connectivity index (χ0v) is 12.5. The first-order valence-electron chi connectivity index (χ1n) is 7.27. The Morgan fingerprint density at radius 3 is 2.35 bits per heavy atom. The summed E-state index contributed by atoms with van der Waals surface area (Å²) < 4.78 is 27.5. The van der Waals surface area contributed by atoms with Crippen LogP contribution in [0.5, 0.6) is 0 Å². The molecule has 20 heavy (non-hydrogen) atoms. The van der Waals surface area contributed by atoms with Gasteiger partial charge in [-0.2, -0.15) is 0 Å². The zero-order valence-electron chi connectivity index (χ0n) is 12.5. The predicted molar refractivity (Wildman–Crippen MR) is 77.6 cm³/mol. The third kappa shape index (κ3) is 3.55. The molecule has 1 heterocycles. The van der Waals surface area contributed by atoms with E-state index in [4.69, 9.17) is 0 Å². The zero-order chi connectivity index (χ0) is 14.8. The molecule has 112 valence electrons. The second-order valence-corrected chi connectivity index (χ2v) is 6.35. The molecule has 0 spiro atoms. The van der Waals surface area contributed by atoms with Crippen LogP contribution in [0.15, 0.2) is 18.2 Å². The molecule has 1 aliphatic heterocycles. The van der Waals surface area contributed by atoms with Crippen LogP contribution in [0.1, 0.15) is 38.3 Å². The lowest BCUT2D eigenvalue weighted by Gasteiger charge is -2.38. The van der Waals surface area contributed by atoms with E-state index in [2.05, 4.69) is 24.2 Å². The third-order valence-electron chi connectivity index (χ3n) is 4.46. The number of rotatable bonds is 4. The fourth-order valence-corrected chi connectivity index (χ4v) is 2.76. The molecule has 0 radical (unpaired) electrons. The van der Waals surface area contributed by atoms with Crippen LogP contribution in [-0.4, -0.2) is 31.6 Å². The van der Waals surface area contributed by atoms with Gasteiger partial charge in [0.1, 0.15) is 11.6 Å². The number of halogens is 2. The van der Waals surface area contributed by atoms with Crippen molar-refractivity contribution in [2.75, 3.05) is 26.7 Å². The van der Waals surface area contributed by atoms with Gasteiger partial charge in [0.15, 0.2) is 0 Å². The summed E-state index contributed by atoms with van der Waals surface area (Å²) in [5.74, 6) is -0.947. The molecule has 4 heteroatoms. The van der Waals surface area contributed by atoms with Gasteiger partial charge in [-0.05, 0) is 57.5 Å². The van der Waals surface area contributed by atoms with E-state index in [0.717, 1.165) is 32.5 Å². The lowest BCUT2D eigenvalue weighted by atomic mass is 9.80. The molecule has 0 bridgehead atoms. The van der Waals surface area contributed by atoms with Crippen LogP contribution in [-0.2, 0) is 0 Å². The number of hydrogen-bond donors (Lipinski definition) is 1. The molecule has 2 rings (SSSR count). The minimum Gasteiger partial charge on any atom is -0.309 e. The van der Waals surface area contributed by atoms with Gasteiger partial charge >= 0.3 is 0 Å². The van der Waals surface area contributed by atoms with E-state index in [9.17, 15) is 8.78 Å². The first-order valence-corrected chi connectivity index (χ1v) is 7.27. The molecule has 1 aliphatic rings. The molecule has 1 aromatic rings. The molecule has 1 N–H and O–H groups in total. The molecule has 0 aliphatic carbocycles. The fourth-order valence-electron chi connectivity index (χ4n) is 2.76. The highest BCUT2D eigenvalue weighted by Gasteiger charge is 2.29. The number of benzene rings is 1. The van der Waals surface area contributed by atoms with Gasteiger partial charge in [0.2, 0.25) is 0 Å². The molecule has 0 saturated carbocycles. The van der Waals surface area contributed by atoms with Gasteiger partial charge in [0.05, 0.1) is 0 Å². The SMILES string of the molecule is CC(NCC1(C)CCN(C)CC1)c1c(F)cccc1F. The topological polar surface area (TPSA) is 15.3 Å². The van der Waals surface area contributed by atoms with Gasteiger partial charge < -0.3 is 10.2 Å². The van der Waals surface area contributed by atoms with Crippen LogP contribution in [0.25, 0.3) is 0 Å². The highest BCUT2D eigenvalue weighted by molar-refractivity contribution is 5.22. The van der Waals surface area contributed by atoms with E-state index in [-0.39, 0.29) is 17.0 Å². The molecule has 1 fully saturated rings. The smallest absolute Gasteiger partial charge is 0.130 e. The van der Waals surface area contributed by atoms with Crippen molar-refractivity contribution in [1.29, 1.82) is 0 Å². The third-order valence-corrected chi connectivity index (χ3v) is 4.46. The van der Waals surface area contributed by atoms with Crippen molar-refractivity contribution in [1.82, 2.24) is 10.2 Å². The van der Waals surface area contributed by atoms with E-state index in [1.54, 1.807) is 0 Å². The molecule has 1 aromatic carbocycles. The Morgan fingerprint density at radius 1 is 1.25 bits per heavy atom. The Labute approximate surface area is 120 Å². The van der Waals surface area contributed by atoms with Crippen molar-refractivity contribution in [3.8, 4) is 0 Å². The van der Waals surface area contributed by atoms with E-state index >= 15 is 0 Å². The highest BCUT2D eigenvalue weighted by Crippen LogP contribution is 2.30. The number of piperidine rings is 1. The molecular weight excluding hydrogens is 258 g/mol. The number of likely N-dealkylation sites (tertiary alicyclic amines) is 1. The van der Waals surface area contributed by atoms with Crippen LogP contribution in [0, 0.1) is 17.0 Å². The second-order valence-electron chi connectivity index (χ2n) is 6.35. The average molecular weight is 282 g/mol. The maximum atomic E-state index is 13.7. The first-order chi connectivity index (χ1) is 9.41. The minimum atomic E-state index is -0.474. The molecule has 2 nitrogen and oxygen atoms in total. The van der Waals surface area contributed by atoms with Crippen LogP contribution in [0.3, 0.4) is 0 Å². The van der Waals surface area contributed by atoms with Crippen molar-refractivity contribution in [3.63, 3.8) is 0 Å². The Morgan fingerprint density at radius 2 is 1.80 bits per heavy atom. The summed E-state index contributed by atoms with van der Waals surface area (Å²) in [6.45, 7) is 7.02. The standard InChI is InChI=1S/C16H24F2N2/c1-12(15-13(17)5-4-6-14(15)18)19-11-16(2)7-9-20(3)10-8-16/h4-6,12,19H,7-11H2,1-3H3. The van der Waals surface area contributed by atoms with Crippen molar-refractivity contribution in [3.05, 3.63) is 35.4 Å². The van der Waals surface area contributed by atoms with Crippen molar-refractivity contribution in [2.45, 2.75) is 32.7 Å². The van der Waals surface area contributed by atoms with Crippen molar-refractivity contribution < 1.29 is 8.78 Å². The quantitative estimate of drug-likeness (QED) is 0.911. The molecule has 1 unspecified atom stereocenters. The lowest BCUT2D eigenvalue weighted by Crippen LogP contribution is -2.42. The summed E-state index contributed by atoms with van der Waals surface area (Å²) in [6, 6.07) is 3.72. The monoisotopic (exact) mass is 282 g/mol. The normalized spacial score (nSPS) is 20.9. The summed E-state index contributed by atoms with van der Waals surface area (Å²) in [5.41, 5.74) is 0.353. The van der Waals surface area contributed by atoms with Gasteiger partial charge in [-0.25, -0.2) is 8.78 Å². The maximum Gasteiger partial charge on any atom is 0.130 e. The Hall–Kier alpha value is -1.00. The summed E-state index contributed by atoms with van der Waals surface area (Å²) in [7, 11) is 2.13. The van der Waals surface area contributed by atoms with Gasteiger partial charge in [0.25, 0.3) is 0 Å². The maximum absolute atomic E-state index is 13.7. The number of nitrogens with zero attached hydrogens (tertiary/aromatic N) is 1. The Kier molecular flexibility index (Phi) is 4.76. The molecule has 1 atom stereocenters. The summed E-state index contributed by atoms with van der Waals surface area (Å²) in [4.78, 5) is 2.32. The van der Waals surface area contributed by atoms with E-state index in [0.29, 0.717) is 0 Å². The first kappa shape index (κ1) is 15.4. The summed E-state index contributed by atoms with van der Waals surface area (Å²) in [5, 5.41) is 3.31. The molecule has 0 amide bonds. The van der Waals surface area contributed by atoms with E-state index in [1.807, 2.05) is 6.92 Å². The molecular formula is C16H24F2N2. The summed E-state index contributed by atoms with van der Waals surface area (Å²) >= 11 is 0. The minimum absolute atomic E-state index is 0.143. The van der Waals surface area contributed by atoms with Gasteiger partial charge in [-0.15, -0.1) is 0 Å². The Bertz CT molecular complexity index is 434. The van der Waals surface area contributed by atoms with Crippen molar-refractivity contribution in [2.24, 2.45) is 5.41 Å². The molecule has 1 saturated heterocycles. The van der Waals surface area contributed by atoms with Gasteiger partial charge in [0, 0.05) is 18.2 Å². The van der Waals surface area contributed by atoms with Crippen LogP contribution in [0.2, 0.25) is 0 Å². The number of hydrogen-bond acceptors (Lipinski definition) is 2. The van der Waals surface area contributed by atoms with Crippen LogP contribution >= 0.6 is 0 Å². The number of nitrogens with one attached hydrogen (secondary N) is 1. The second kappa shape index (κ2) is 6.19. The van der Waals surface area contributed by atoms with Gasteiger partial charge in [-0.3, -0.25) is 0 Å². The molecule has 0 aromatic heterocycles. The average Bonchev–Trinajstić information content (AvgIpc) is 2.40. The van der Waals surface area contributed by atoms with Gasteiger partial charge in [-0.1, -0.05) is 13.0 Å². The predicted octanol–water partition coefficient (Wildman–Crippen LogP) is 3.35. The van der Waals surface area contributed by atoms with E-state index in [1.165, 1.54) is 18.2 Å². The largest absolute Gasteiger partial charge is 0.309 e.